The van der Waals surface area contributed by atoms with Gasteiger partial charge in [-0.2, -0.15) is 0 Å². The van der Waals surface area contributed by atoms with E-state index in [2.05, 4.69) is 29.9 Å². The van der Waals surface area contributed by atoms with Gasteiger partial charge >= 0.3 is 0 Å². The molecule has 9 aromatic rings. The highest BCUT2D eigenvalue weighted by Crippen LogP contribution is 2.56. The van der Waals surface area contributed by atoms with Crippen molar-refractivity contribution in [2.45, 2.75) is 150 Å². The number of rotatable bonds is 9. The van der Waals surface area contributed by atoms with Crippen LogP contribution in [0.25, 0.3) is 33.1 Å². The Bertz CT molecular complexity index is 4040. The predicted molar refractivity (Wildman–Crippen MR) is 345 cm³/mol. The number of fused-ring (bicyclic) bond motifs is 5. The third-order valence-electron chi connectivity index (χ3n) is 16.9. The molecule has 5 saturated heterocycles. The van der Waals surface area contributed by atoms with Crippen LogP contribution in [0.3, 0.4) is 0 Å². The van der Waals surface area contributed by atoms with Crippen molar-refractivity contribution < 1.29 is 64.2 Å². The highest BCUT2D eigenvalue weighted by Gasteiger charge is 2.67. The molecule has 14 N–H and O–H groups in total. The van der Waals surface area contributed by atoms with Crippen LogP contribution in [0.15, 0.2) is 110 Å². The Labute approximate surface area is 560 Å². The third-order valence-corrected chi connectivity index (χ3v) is 19.4. The van der Waals surface area contributed by atoms with Gasteiger partial charge in [-0.25, -0.2) is 29.9 Å². The van der Waals surface area contributed by atoms with Gasteiger partial charge in [-0.3, -0.25) is 0 Å². The van der Waals surface area contributed by atoms with Gasteiger partial charge in [0.25, 0.3) is 0 Å². The van der Waals surface area contributed by atoms with E-state index in [0.29, 0.717) is 85.9 Å². The van der Waals surface area contributed by atoms with Gasteiger partial charge in [0.2, 0.25) is 0 Å². The lowest BCUT2D eigenvalue weighted by molar-refractivity contribution is -0.223. The normalized spacial score (nSPS) is 29.4. The highest BCUT2D eigenvalue weighted by molar-refractivity contribution is 6.43. The molecular formula is C60H65Cl7N12O13. The van der Waals surface area contributed by atoms with Crippen LogP contribution in [-0.4, -0.2) is 140 Å². The Balaban J connectivity index is 0.000000150. The van der Waals surface area contributed by atoms with Crippen molar-refractivity contribution >= 4 is 126 Å². The van der Waals surface area contributed by atoms with Gasteiger partial charge < -0.3 is 95.5 Å². The highest BCUT2D eigenvalue weighted by atomic mass is 35.5. The number of halogens is 7. The lowest BCUT2D eigenvalue weighted by atomic mass is 9.88. The van der Waals surface area contributed by atoms with E-state index in [-0.39, 0.29) is 22.5 Å². The first-order valence-corrected chi connectivity index (χ1v) is 30.7. The summed E-state index contributed by atoms with van der Waals surface area (Å²) in [4.78, 5) is 24.9. The zero-order valence-electron chi connectivity index (χ0n) is 49.9. The lowest BCUT2D eigenvalue weighted by Gasteiger charge is -2.32. The Hall–Kier alpha value is -5.41. The Morgan fingerprint density at radius 3 is 1.20 bits per heavy atom. The molecule has 0 bridgehead atoms. The quantitative estimate of drug-likeness (QED) is 0.0623. The number of ether oxygens (including phenoxy) is 7. The number of nitrogens with zero attached hydrogens (tertiary/aromatic N) is 9. The zero-order valence-corrected chi connectivity index (χ0v) is 55.2. The van der Waals surface area contributed by atoms with Crippen LogP contribution < -0.4 is 17.6 Å². The number of hydrogen-bond acceptors (Lipinski definition) is 21. The maximum Gasteiger partial charge on any atom is 0.165 e. The van der Waals surface area contributed by atoms with Crippen molar-refractivity contribution in [3.63, 3.8) is 0 Å². The Morgan fingerprint density at radius 2 is 0.804 bits per heavy atom. The molecule has 92 heavy (non-hydrogen) atoms. The van der Waals surface area contributed by atoms with Crippen molar-refractivity contribution in [1.82, 2.24) is 49.8 Å². The Kier molecular flexibility index (Phi) is 19.3. The van der Waals surface area contributed by atoms with Crippen molar-refractivity contribution in [1.29, 1.82) is 0 Å². The minimum absolute atomic E-state index is 0. The summed E-state index contributed by atoms with van der Waals surface area (Å²) in [7, 11) is 0. The number of nitrogens with two attached hydrogens (primary N) is 2. The summed E-state index contributed by atoms with van der Waals surface area (Å²) >= 11 is 42.6. The number of nitrogen functional groups attached to an aromatic ring is 2. The molecule has 5 fully saturated rings. The number of aliphatic hydroxyl groups is 5. The van der Waals surface area contributed by atoms with E-state index < -0.39 is 102 Å². The molecule has 0 radical (unpaired) electrons. The second kappa shape index (κ2) is 25.6. The molecule has 0 unspecified atom stereocenters. The predicted octanol–water partition coefficient (Wildman–Crippen LogP) is 10.2. The fourth-order valence-corrected chi connectivity index (χ4v) is 13.8. The summed E-state index contributed by atoms with van der Waals surface area (Å²) in [6.45, 7) is 12.5. The summed E-state index contributed by atoms with van der Waals surface area (Å²) in [6, 6.07) is 19.9. The summed E-state index contributed by atoms with van der Waals surface area (Å²) in [5.74, 6) is -1.07. The average Bonchev–Trinajstić information content (AvgIpc) is 1.56. The minimum Gasteiger partial charge on any atom is -0.412 e. The maximum atomic E-state index is 11.3. The van der Waals surface area contributed by atoms with Crippen LogP contribution in [-0.2, 0) is 33.2 Å². The third kappa shape index (κ3) is 12.1. The molecule has 25 nitrogen and oxygen atoms in total. The monoisotopic (exact) mass is 1410 g/mol. The van der Waals surface area contributed by atoms with E-state index in [9.17, 15) is 25.5 Å². The largest absolute Gasteiger partial charge is 0.412 e. The second-order valence-corrected chi connectivity index (χ2v) is 26.7. The molecule has 0 aliphatic carbocycles. The van der Waals surface area contributed by atoms with E-state index in [4.69, 9.17) is 126 Å². The van der Waals surface area contributed by atoms with E-state index in [1.54, 1.807) is 65.4 Å². The molecule has 14 rings (SSSR count). The first-order valence-electron chi connectivity index (χ1n) is 28.1. The SMILES string of the molecule is CC1(C)O[C@H]2[C@H](n3ccc4c(Cl)ncnc43)O[C@H]([C@H](O)c3ccc(Cl)c(Cl)c3)[C@@]2(C)O1.CC1(C)O[C@H]2[C@H](n3ccc4c(N)ncnc43)O[C@H]([C@H](O)c3ccc(Cl)c(Cl)c3)[C@@]2(C)O1.C[C@@]1(O)[C@@H]([C@H](O)c2ccc(Cl)c(Cl)c2)O[C@@H](n2ccc3c(N)ncnc32)[C@@H]1O.N.O. The van der Waals surface area contributed by atoms with Crippen LogP contribution in [0.2, 0.25) is 35.3 Å². The molecule has 5 aliphatic rings. The molecule has 0 spiro atoms. The van der Waals surface area contributed by atoms with Crippen molar-refractivity contribution in [3.8, 4) is 0 Å². The first-order chi connectivity index (χ1) is 42.4. The molecule has 15 atom stereocenters. The van der Waals surface area contributed by atoms with Gasteiger partial charge in [-0.15, -0.1) is 0 Å². The molecule has 0 amide bonds. The number of aromatic nitrogens is 9. The van der Waals surface area contributed by atoms with Gasteiger partial charge in [-0.05, 0) is 120 Å². The standard InChI is InChI=1S/C21H20Cl3N3O4.C21H22Cl2N4O4.C18H18Cl2N4O4.H3N.H2O/c2*1-20(2)30-16-19(27-7-6-11-17(24)25-9-26-18(11)27)29-15(21(16,3)31-20)14(28)10-4-5-12(22)13(23)8-10;1-18(27)13(26)17(24-5-4-9-15(21)22-7-23-16(9)24)28-14(18)12(25)8-2-3-10(19)11(20)6-8;;/h4-9,14-16,19,28H,1-3H3;4-9,14-16,19,28H,1-3H3,(H2,24,25,26);2-7,12-14,17,25-27H,1H3,(H2,21,22,23);1H3;1H2/t2*14-,15-,16+,19-,21-;12-,13+,14-,17-,18+;;/m111../s1. The lowest BCUT2D eigenvalue weighted by Crippen LogP contribution is -2.47. The molecule has 492 valence electrons. The fraction of sp³-hybridized carbons (Fsp3) is 0.400. The summed E-state index contributed by atoms with van der Waals surface area (Å²) < 4.78 is 49.0. The van der Waals surface area contributed by atoms with Crippen molar-refractivity contribution in [3.05, 3.63) is 162 Å². The topological polar surface area (TPSA) is 376 Å². The Morgan fingerprint density at radius 1 is 0.467 bits per heavy atom. The molecule has 3 aromatic carbocycles. The van der Waals surface area contributed by atoms with Gasteiger partial charge in [0.1, 0.15) is 124 Å². The average molecular weight is 1410 g/mol. The summed E-state index contributed by atoms with van der Waals surface area (Å²) in [5.41, 5.74) is 11.4. The van der Waals surface area contributed by atoms with Gasteiger partial charge in [0.05, 0.1) is 46.3 Å². The maximum absolute atomic E-state index is 11.3. The van der Waals surface area contributed by atoms with Gasteiger partial charge in [-0.1, -0.05) is 99.4 Å². The van der Waals surface area contributed by atoms with Crippen LogP contribution in [0.1, 0.15) is 102 Å². The van der Waals surface area contributed by atoms with E-state index in [1.807, 2.05) is 75.2 Å². The number of hydrogen-bond donors (Lipinski definition) is 8. The first kappa shape index (κ1) is 69.4. The summed E-state index contributed by atoms with van der Waals surface area (Å²) in [5, 5.41) is 59.5. The molecule has 5 aliphatic heterocycles. The molecular weight excluding hydrogens is 1340 g/mol. The molecule has 6 aromatic heterocycles. The van der Waals surface area contributed by atoms with Gasteiger partial charge in [0.15, 0.2) is 30.3 Å². The number of benzene rings is 3. The van der Waals surface area contributed by atoms with Crippen LogP contribution >= 0.6 is 81.2 Å². The van der Waals surface area contributed by atoms with Crippen molar-refractivity contribution in [2.75, 3.05) is 11.5 Å². The van der Waals surface area contributed by atoms with Crippen LogP contribution in [0, 0.1) is 0 Å². The number of aliphatic hydroxyl groups excluding tert-OH is 4. The van der Waals surface area contributed by atoms with Crippen LogP contribution in [0.5, 0.6) is 0 Å². The minimum atomic E-state index is -1.76. The zero-order chi connectivity index (χ0) is 64.5. The van der Waals surface area contributed by atoms with Gasteiger partial charge in [0, 0.05) is 18.6 Å². The van der Waals surface area contributed by atoms with E-state index >= 15 is 0 Å². The summed E-state index contributed by atoms with van der Waals surface area (Å²) in [6.07, 6.45) is -1.20. The molecule has 0 saturated carbocycles. The number of anilines is 2. The smallest absolute Gasteiger partial charge is 0.165 e. The fourth-order valence-electron chi connectivity index (χ4n) is 12.7. The molecule has 32 heteroatoms. The second-order valence-electron chi connectivity index (χ2n) is 23.9. The van der Waals surface area contributed by atoms with Crippen molar-refractivity contribution in [2.24, 2.45) is 0 Å². The molecule has 11 heterocycles. The van der Waals surface area contributed by atoms with E-state index in [1.165, 1.54) is 32.0 Å². The van der Waals surface area contributed by atoms with Crippen LogP contribution in [0.4, 0.5) is 11.6 Å². The van der Waals surface area contributed by atoms with E-state index in [0.717, 1.165) is 0 Å².